The van der Waals surface area contributed by atoms with Crippen LogP contribution in [0.1, 0.15) is 30.3 Å². The Balaban J connectivity index is 2.01. The molecule has 1 aliphatic heterocycles. The van der Waals surface area contributed by atoms with Crippen LogP contribution in [0.15, 0.2) is 12.1 Å². The summed E-state index contributed by atoms with van der Waals surface area (Å²) in [5.41, 5.74) is 0.280. The number of nitrogens with zero attached hydrogens (tertiary/aromatic N) is 2. The number of amides is 1. The molecule has 7 nitrogen and oxygen atoms in total. The van der Waals surface area contributed by atoms with Crippen molar-refractivity contribution in [2.24, 2.45) is 5.92 Å². The van der Waals surface area contributed by atoms with E-state index in [0.717, 1.165) is 25.9 Å². The highest BCUT2D eigenvalue weighted by atomic mass is 16.6. The number of hydrogen-bond acceptors (Lipinski definition) is 4. The Bertz CT molecular complexity index is 480. The summed E-state index contributed by atoms with van der Waals surface area (Å²) in [4.78, 5) is 26.7. The molecule has 0 spiro atoms. The van der Waals surface area contributed by atoms with E-state index in [1.165, 1.54) is 12.1 Å². The zero-order valence-corrected chi connectivity index (χ0v) is 11.6. The summed E-state index contributed by atoms with van der Waals surface area (Å²) in [6, 6.07) is 2.80. The number of piperidine rings is 1. The first-order valence-electron chi connectivity index (χ1n) is 6.95. The number of nitrogens with one attached hydrogen (secondary N) is 2. The first kappa shape index (κ1) is 14.5. The van der Waals surface area contributed by atoms with Gasteiger partial charge in [-0.15, -0.1) is 0 Å². The van der Waals surface area contributed by atoms with Crippen LogP contribution in [-0.2, 0) is 0 Å². The molecule has 7 heteroatoms. The van der Waals surface area contributed by atoms with Crippen LogP contribution in [0.5, 0.6) is 0 Å². The maximum absolute atomic E-state index is 12.3. The van der Waals surface area contributed by atoms with Crippen LogP contribution in [-0.4, -0.2) is 46.9 Å². The second kappa shape index (κ2) is 6.51. The summed E-state index contributed by atoms with van der Waals surface area (Å²) < 4.78 is 0. The van der Waals surface area contributed by atoms with Gasteiger partial charge in [-0.3, -0.25) is 4.79 Å². The Hall–Kier alpha value is -1.89. The fraction of sp³-hybridized carbons (Fsp3) is 0.615. The highest BCUT2D eigenvalue weighted by Gasteiger charge is 2.24. The first-order valence-corrected chi connectivity index (χ1v) is 6.95. The van der Waals surface area contributed by atoms with Crippen molar-refractivity contribution in [1.82, 2.24) is 15.2 Å². The van der Waals surface area contributed by atoms with Crippen LogP contribution in [0, 0.1) is 16.0 Å². The molecule has 1 aromatic rings. The van der Waals surface area contributed by atoms with E-state index in [1.807, 2.05) is 6.92 Å². The molecular weight excluding hydrogens is 260 g/mol. The zero-order valence-electron chi connectivity index (χ0n) is 11.6. The molecule has 0 bridgehead atoms. The second-order valence-corrected chi connectivity index (χ2v) is 5.07. The molecule has 0 saturated carbocycles. The van der Waals surface area contributed by atoms with Crippen LogP contribution < -0.4 is 5.32 Å². The van der Waals surface area contributed by atoms with Gasteiger partial charge in [0.05, 0.1) is 0 Å². The molecular formula is C13H20N4O3. The van der Waals surface area contributed by atoms with Crippen molar-refractivity contribution in [1.29, 1.82) is 0 Å². The Kier molecular flexibility index (Phi) is 4.73. The molecule has 0 aliphatic carbocycles. The van der Waals surface area contributed by atoms with Crippen molar-refractivity contribution in [2.75, 3.05) is 26.2 Å². The van der Waals surface area contributed by atoms with E-state index in [0.29, 0.717) is 19.0 Å². The van der Waals surface area contributed by atoms with Gasteiger partial charge in [0.25, 0.3) is 5.91 Å². The Morgan fingerprint density at radius 3 is 2.90 bits per heavy atom. The monoisotopic (exact) mass is 280 g/mol. The summed E-state index contributed by atoms with van der Waals surface area (Å²) in [6.07, 6.45) is 2.24. The molecule has 2 rings (SSSR count). The minimum atomic E-state index is -0.530. The lowest BCUT2D eigenvalue weighted by Gasteiger charge is -2.28. The van der Waals surface area contributed by atoms with Gasteiger partial charge in [-0.25, -0.2) is 4.98 Å². The van der Waals surface area contributed by atoms with Crippen LogP contribution in [0.25, 0.3) is 0 Å². The summed E-state index contributed by atoms with van der Waals surface area (Å²) in [5.74, 6) is 0.132. The fourth-order valence-electron chi connectivity index (χ4n) is 2.53. The number of aromatic amines is 1. The summed E-state index contributed by atoms with van der Waals surface area (Å²) in [7, 11) is 0. The van der Waals surface area contributed by atoms with Gasteiger partial charge in [0.2, 0.25) is 0 Å². The van der Waals surface area contributed by atoms with Gasteiger partial charge in [-0.1, -0.05) is 0 Å². The molecule has 1 unspecified atom stereocenters. The average Bonchev–Trinajstić information content (AvgIpc) is 2.95. The van der Waals surface area contributed by atoms with Crippen molar-refractivity contribution in [3.05, 3.63) is 27.9 Å². The highest BCUT2D eigenvalue weighted by Crippen LogP contribution is 2.15. The molecule has 2 heterocycles. The number of carbonyl (C=O) groups excluding carboxylic acids is 1. The minimum absolute atomic E-state index is 0.149. The number of aromatic nitrogens is 1. The minimum Gasteiger partial charge on any atom is -0.358 e. The quantitative estimate of drug-likeness (QED) is 0.629. The van der Waals surface area contributed by atoms with E-state index in [4.69, 9.17) is 0 Å². The Labute approximate surface area is 117 Å². The molecule has 1 saturated heterocycles. The van der Waals surface area contributed by atoms with Gasteiger partial charge in [-0.05, 0) is 49.8 Å². The number of carbonyl (C=O) groups is 1. The number of hydrogen-bond donors (Lipinski definition) is 2. The van der Waals surface area contributed by atoms with Gasteiger partial charge >= 0.3 is 5.82 Å². The van der Waals surface area contributed by atoms with Crippen molar-refractivity contribution in [3.8, 4) is 0 Å². The molecule has 1 aromatic heterocycles. The van der Waals surface area contributed by atoms with Gasteiger partial charge in [0.15, 0.2) is 5.69 Å². The maximum Gasteiger partial charge on any atom is 0.321 e. The van der Waals surface area contributed by atoms with Crippen molar-refractivity contribution in [2.45, 2.75) is 19.8 Å². The molecule has 2 N–H and O–H groups in total. The molecule has 20 heavy (non-hydrogen) atoms. The zero-order chi connectivity index (χ0) is 14.5. The average molecular weight is 280 g/mol. The largest absolute Gasteiger partial charge is 0.358 e. The molecule has 0 radical (unpaired) electrons. The third kappa shape index (κ3) is 3.36. The summed E-state index contributed by atoms with van der Waals surface area (Å²) in [6.45, 7) is 5.18. The van der Waals surface area contributed by atoms with E-state index >= 15 is 0 Å². The lowest BCUT2D eigenvalue weighted by atomic mass is 9.99. The first-order chi connectivity index (χ1) is 9.61. The van der Waals surface area contributed by atoms with E-state index in [-0.39, 0.29) is 17.4 Å². The topological polar surface area (TPSA) is 91.3 Å². The van der Waals surface area contributed by atoms with E-state index in [1.54, 1.807) is 4.90 Å². The van der Waals surface area contributed by atoms with Gasteiger partial charge in [-0.2, -0.15) is 0 Å². The third-order valence-corrected chi connectivity index (χ3v) is 3.64. The number of nitro groups is 1. The molecule has 1 fully saturated rings. The maximum atomic E-state index is 12.3. The van der Waals surface area contributed by atoms with Crippen molar-refractivity contribution >= 4 is 11.7 Å². The normalized spacial score (nSPS) is 18.8. The highest BCUT2D eigenvalue weighted by molar-refractivity contribution is 5.92. The standard InChI is InChI=1S/C13H20N4O3/c1-2-16(9-10-4-3-7-14-8-10)13(18)11-5-6-12(15-11)17(19)20/h5-6,10,14-15H,2-4,7-9H2,1H3. The summed E-state index contributed by atoms with van der Waals surface area (Å²) >= 11 is 0. The Morgan fingerprint density at radius 1 is 1.55 bits per heavy atom. The number of H-pyrrole nitrogens is 1. The second-order valence-electron chi connectivity index (χ2n) is 5.07. The molecule has 0 aromatic carbocycles. The van der Waals surface area contributed by atoms with E-state index in [2.05, 4.69) is 10.3 Å². The molecule has 1 aliphatic rings. The van der Waals surface area contributed by atoms with E-state index in [9.17, 15) is 14.9 Å². The van der Waals surface area contributed by atoms with Crippen LogP contribution in [0.4, 0.5) is 5.82 Å². The van der Waals surface area contributed by atoms with Crippen LogP contribution >= 0.6 is 0 Å². The van der Waals surface area contributed by atoms with Gasteiger partial charge < -0.3 is 20.3 Å². The lowest BCUT2D eigenvalue weighted by molar-refractivity contribution is -0.389. The predicted octanol–water partition coefficient (Wildman–Crippen LogP) is 1.38. The number of rotatable bonds is 5. The molecule has 1 atom stereocenters. The van der Waals surface area contributed by atoms with Crippen molar-refractivity contribution in [3.63, 3.8) is 0 Å². The van der Waals surface area contributed by atoms with Gasteiger partial charge in [0, 0.05) is 19.2 Å². The SMILES string of the molecule is CCN(CC1CCCNC1)C(=O)c1ccc([N+](=O)[O-])[nH]1. The van der Waals surface area contributed by atoms with Crippen LogP contribution in [0.3, 0.4) is 0 Å². The third-order valence-electron chi connectivity index (χ3n) is 3.64. The lowest BCUT2D eigenvalue weighted by Crippen LogP contribution is -2.41. The molecule has 1 amide bonds. The Morgan fingerprint density at radius 2 is 2.35 bits per heavy atom. The predicted molar refractivity (Wildman–Crippen MR) is 74.6 cm³/mol. The van der Waals surface area contributed by atoms with E-state index < -0.39 is 4.92 Å². The smallest absolute Gasteiger partial charge is 0.321 e. The van der Waals surface area contributed by atoms with Gasteiger partial charge in [0.1, 0.15) is 0 Å². The molecule has 110 valence electrons. The van der Waals surface area contributed by atoms with Crippen LogP contribution in [0.2, 0.25) is 0 Å². The summed E-state index contributed by atoms with van der Waals surface area (Å²) in [5, 5.41) is 14.0. The van der Waals surface area contributed by atoms with Crippen molar-refractivity contribution < 1.29 is 9.72 Å². The fourth-order valence-corrected chi connectivity index (χ4v) is 2.53.